The van der Waals surface area contributed by atoms with Crippen molar-refractivity contribution in [2.24, 2.45) is 0 Å². The molecule has 0 spiro atoms. The lowest BCUT2D eigenvalue weighted by atomic mass is 10.2. The van der Waals surface area contributed by atoms with E-state index in [9.17, 15) is 4.79 Å². The molecule has 94 valence electrons. The van der Waals surface area contributed by atoms with E-state index in [0.29, 0.717) is 12.3 Å². The number of ether oxygens (including phenoxy) is 2. The molecule has 0 saturated heterocycles. The Morgan fingerprint density at radius 2 is 1.89 bits per heavy atom. The Morgan fingerprint density at radius 1 is 1.11 bits per heavy atom. The third kappa shape index (κ3) is 3.21. The first-order valence-electron chi connectivity index (χ1n) is 5.66. The molecule has 0 atom stereocenters. The molecule has 4 heteroatoms. The zero-order valence-electron chi connectivity index (χ0n) is 10.2. The molecule has 0 aliphatic heterocycles. The van der Waals surface area contributed by atoms with Gasteiger partial charge in [-0.1, -0.05) is 30.3 Å². The molecule has 4 nitrogen and oxygen atoms in total. The number of methoxy groups -OCH3 is 1. The van der Waals surface area contributed by atoms with Gasteiger partial charge >= 0.3 is 0 Å². The first-order chi connectivity index (χ1) is 8.79. The molecule has 2 aromatic rings. The summed E-state index contributed by atoms with van der Waals surface area (Å²) >= 11 is 0. The number of benzene rings is 1. The van der Waals surface area contributed by atoms with E-state index in [0.717, 1.165) is 5.56 Å². The SMILES string of the molecule is COCOc1ccc(=O)n(Cc2ccccc2)c1. The lowest BCUT2D eigenvalue weighted by Gasteiger charge is -2.09. The zero-order valence-corrected chi connectivity index (χ0v) is 10.2. The van der Waals surface area contributed by atoms with E-state index < -0.39 is 0 Å². The van der Waals surface area contributed by atoms with E-state index in [2.05, 4.69) is 0 Å². The Bertz CT molecular complexity index is 548. The van der Waals surface area contributed by atoms with E-state index in [1.165, 1.54) is 6.07 Å². The number of nitrogens with zero attached hydrogens (tertiary/aromatic N) is 1. The summed E-state index contributed by atoms with van der Waals surface area (Å²) in [6, 6.07) is 12.9. The van der Waals surface area contributed by atoms with E-state index in [4.69, 9.17) is 9.47 Å². The van der Waals surface area contributed by atoms with Gasteiger partial charge in [-0.05, 0) is 11.6 Å². The van der Waals surface area contributed by atoms with Crippen molar-refractivity contribution >= 4 is 0 Å². The van der Waals surface area contributed by atoms with E-state index in [1.807, 2.05) is 30.3 Å². The fraction of sp³-hybridized carbons (Fsp3) is 0.214. The third-order valence-electron chi connectivity index (χ3n) is 2.50. The topological polar surface area (TPSA) is 40.5 Å². The van der Waals surface area contributed by atoms with Gasteiger partial charge in [0.05, 0.1) is 6.54 Å². The van der Waals surface area contributed by atoms with Gasteiger partial charge in [0.15, 0.2) is 6.79 Å². The van der Waals surface area contributed by atoms with Crippen LogP contribution in [0.25, 0.3) is 0 Å². The fourth-order valence-corrected chi connectivity index (χ4v) is 1.63. The third-order valence-corrected chi connectivity index (χ3v) is 2.50. The van der Waals surface area contributed by atoms with Gasteiger partial charge in [-0.15, -0.1) is 0 Å². The Labute approximate surface area is 105 Å². The second-order valence-corrected chi connectivity index (χ2v) is 3.87. The highest BCUT2D eigenvalue weighted by molar-refractivity contribution is 5.20. The van der Waals surface area contributed by atoms with Crippen LogP contribution in [0.1, 0.15) is 5.56 Å². The van der Waals surface area contributed by atoms with Crippen molar-refractivity contribution in [2.45, 2.75) is 6.54 Å². The van der Waals surface area contributed by atoms with Gasteiger partial charge in [0, 0.05) is 19.4 Å². The molecule has 2 rings (SSSR count). The van der Waals surface area contributed by atoms with Crippen LogP contribution in [-0.2, 0) is 11.3 Å². The molecule has 0 saturated carbocycles. The van der Waals surface area contributed by atoms with Crippen LogP contribution in [0, 0.1) is 0 Å². The highest BCUT2D eigenvalue weighted by atomic mass is 16.7. The summed E-state index contributed by atoms with van der Waals surface area (Å²) in [5, 5.41) is 0. The molecule has 18 heavy (non-hydrogen) atoms. The molecule has 0 unspecified atom stereocenters. The van der Waals surface area contributed by atoms with Crippen molar-refractivity contribution in [1.29, 1.82) is 0 Å². The average molecular weight is 245 g/mol. The molecule has 0 radical (unpaired) electrons. The molecule has 0 aliphatic carbocycles. The molecule has 0 bridgehead atoms. The van der Waals surface area contributed by atoms with Crippen LogP contribution in [0.5, 0.6) is 5.75 Å². The van der Waals surface area contributed by atoms with Gasteiger partial charge < -0.3 is 14.0 Å². The Kier molecular flexibility index (Phi) is 4.15. The lowest BCUT2D eigenvalue weighted by molar-refractivity contribution is 0.0506. The van der Waals surface area contributed by atoms with Crippen molar-refractivity contribution in [3.05, 3.63) is 64.6 Å². The summed E-state index contributed by atoms with van der Waals surface area (Å²) in [6.45, 7) is 0.702. The molecule has 1 aromatic carbocycles. The Balaban J connectivity index is 2.19. The summed E-state index contributed by atoms with van der Waals surface area (Å²) in [6.07, 6.45) is 1.69. The number of hydrogen-bond donors (Lipinski definition) is 0. The quantitative estimate of drug-likeness (QED) is 0.755. The number of aromatic nitrogens is 1. The number of rotatable bonds is 5. The van der Waals surface area contributed by atoms with Gasteiger partial charge in [0.2, 0.25) is 0 Å². The first kappa shape index (κ1) is 12.4. The Morgan fingerprint density at radius 3 is 2.61 bits per heavy atom. The maximum atomic E-state index is 11.7. The maximum Gasteiger partial charge on any atom is 0.251 e. The molecule has 0 amide bonds. The molecular weight excluding hydrogens is 230 g/mol. The summed E-state index contributed by atoms with van der Waals surface area (Å²) in [5.41, 5.74) is 1.02. The van der Waals surface area contributed by atoms with Crippen LogP contribution in [-0.4, -0.2) is 18.5 Å². The first-order valence-corrected chi connectivity index (χ1v) is 5.66. The van der Waals surface area contributed by atoms with Gasteiger partial charge in [0.25, 0.3) is 5.56 Å². The summed E-state index contributed by atoms with van der Waals surface area (Å²) in [4.78, 5) is 11.7. The average Bonchev–Trinajstić information content (AvgIpc) is 2.41. The van der Waals surface area contributed by atoms with Crippen LogP contribution in [0.3, 0.4) is 0 Å². The monoisotopic (exact) mass is 245 g/mol. The van der Waals surface area contributed by atoms with Crippen LogP contribution >= 0.6 is 0 Å². The minimum Gasteiger partial charge on any atom is -0.466 e. The molecular formula is C14H15NO3. The van der Waals surface area contributed by atoms with Crippen molar-refractivity contribution in [1.82, 2.24) is 4.57 Å². The van der Waals surface area contributed by atoms with Crippen LogP contribution in [0.15, 0.2) is 53.5 Å². The molecule has 1 aromatic heterocycles. The van der Waals surface area contributed by atoms with E-state index in [1.54, 1.807) is 23.9 Å². The van der Waals surface area contributed by atoms with Crippen molar-refractivity contribution in [3.63, 3.8) is 0 Å². The minimum absolute atomic E-state index is 0.0522. The predicted molar refractivity (Wildman–Crippen MR) is 68.8 cm³/mol. The molecule has 1 heterocycles. The van der Waals surface area contributed by atoms with E-state index in [-0.39, 0.29) is 12.4 Å². The van der Waals surface area contributed by atoms with Gasteiger partial charge in [-0.3, -0.25) is 4.79 Å². The molecule has 0 N–H and O–H groups in total. The normalized spacial score (nSPS) is 10.3. The maximum absolute atomic E-state index is 11.7. The fourth-order valence-electron chi connectivity index (χ4n) is 1.63. The smallest absolute Gasteiger partial charge is 0.251 e. The van der Waals surface area contributed by atoms with Crippen molar-refractivity contribution in [3.8, 4) is 5.75 Å². The van der Waals surface area contributed by atoms with Crippen LogP contribution < -0.4 is 10.3 Å². The van der Waals surface area contributed by atoms with Crippen LogP contribution in [0.4, 0.5) is 0 Å². The second-order valence-electron chi connectivity index (χ2n) is 3.87. The summed E-state index contributed by atoms with van der Waals surface area (Å²) in [7, 11) is 1.56. The highest BCUT2D eigenvalue weighted by Gasteiger charge is 2.00. The summed E-state index contributed by atoms with van der Waals surface area (Å²) in [5.74, 6) is 0.618. The van der Waals surface area contributed by atoms with E-state index >= 15 is 0 Å². The number of pyridine rings is 1. The zero-order chi connectivity index (χ0) is 12.8. The lowest BCUT2D eigenvalue weighted by Crippen LogP contribution is -2.19. The van der Waals surface area contributed by atoms with Crippen LogP contribution in [0.2, 0.25) is 0 Å². The van der Waals surface area contributed by atoms with Crippen molar-refractivity contribution in [2.75, 3.05) is 13.9 Å². The largest absolute Gasteiger partial charge is 0.466 e. The predicted octanol–water partition coefficient (Wildman–Crippen LogP) is 1.88. The second kappa shape index (κ2) is 6.02. The summed E-state index contributed by atoms with van der Waals surface area (Å²) < 4.78 is 11.7. The Hall–Kier alpha value is -2.07. The minimum atomic E-state index is -0.0522. The molecule has 0 aliphatic rings. The van der Waals surface area contributed by atoms with Gasteiger partial charge in [-0.2, -0.15) is 0 Å². The standard InChI is InChI=1S/C14H15NO3/c1-17-11-18-13-7-8-14(16)15(10-13)9-12-5-3-2-4-6-12/h2-8,10H,9,11H2,1H3. The molecule has 0 fully saturated rings. The van der Waals surface area contributed by atoms with Gasteiger partial charge in [0.1, 0.15) is 5.75 Å². The number of hydrogen-bond acceptors (Lipinski definition) is 3. The highest BCUT2D eigenvalue weighted by Crippen LogP contribution is 2.08. The van der Waals surface area contributed by atoms with Gasteiger partial charge in [-0.25, -0.2) is 0 Å². The van der Waals surface area contributed by atoms with Crippen molar-refractivity contribution < 1.29 is 9.47 Å².